The zero-order chi connectivity index (χ0) is 9.35. The van der Waals surface area contributed by atoms with Crippen LogP contribution in [0.1, 0.15) is 27.2 Å². The van der Waals surface area contributed by atoms with Crippen LogP contribution in [-0.4, -0.2) is 34.6 Å². The van der Waals surface area contributed by atoms with Crippen LogP contribution >= 0.6 is 0 Å². The fourth-order valence-corrected chi connectivity index (χ4v) is 1.57. The number of hydrogen-bond acceptors (Lipinski definition) is 2. The van der Waals surface area contributed by atoms with E-state index in [4.69, 9.17) is 5.11 Å². The number of hydrogen-bond donors (Lipinski definition) is 1. The van der Waals surface area contributed by atoms with Crippen LogP contribution in [0.5, 0.6) is 0 Å². The molecule has 1 N–H and O–H groups in total. The lowest BCUT2D eigenvalue weighted by Gasteiger charge is -2.31. The Hall–Kier alpha value is -0.570. The molecular formula is C9H17NO2. The molecule has 0 aromatic rings. The third-order valence-electron chi connectivity index (χ3n) is 2.49. The fourth-order valence-electron chi connectivity index (χ4n) is 1.57. The highest BCUT2D eigenvalue weighted by Crippen LogP contribution is 2.24. The minimum absolute atomic E-state index is 0.115. The minimum atomic E-state index is -0.651. The molecule has 0 spiro atoms. The van der Waals surface area contributed by atoms with Crippen LogP contribution in [0.4, 0.5) is 0 Å². The Balaban J connectivity index is 2.51. The number of carbonyl (C=O) groups is 1. The fraction of sp³-hybridized carbons (Fsp3) is 0.889. The maximum Gasteiger partial charge on any atom is 0.307 e. The van der Waals surface area contributed by atoms with E-state index >= 15 is 0 Å². The molecule has 0 aromatic heterocycles. The third kappa shape index (κ3) is 1.97. The van der Waals surface area contributed by atoms with Crippen LogP contribution < -0.4 is 0 Å². The van der Waals surface area contributed by atoms with Gasteiger partial charge in [0.2, 0.25) is 0 Å². The lowest BCUT2D eigenvalue weighted by atomic mass is 10.1. The molecule has 0 unspecified atom stereocenters. The average molecular weight is 171 g/mol. The lowest BCUT2D eigenvalue weighted by Crippen LogP contribution is -2.39. The van der Waals surface area contributed by atoms with Crippen LogP contribution in [0.3, 0.4) is 0 Å². The standard InChI is InChI=1S/C9H17NO2/c1-9(2,3)10-5-4-7(6-10)8(11)12/h7H,4-6H2,1-3H3,(H,11,12)/t7-/m0/s1. The van der Waals surface area contributed by atoms with E-state index in [0.29, 0.717) is 6.54 Å². The first-order valence-corrected chi connectivity index (χ1v) is 4.39. The van der Waals surface area contributed by atoms with E-state index in [-0.39, 0.29) is 11.5 Å². The van der Waals surface area contributed by atoms with Crippen molar-refractivity contribution < 1.29 is 9.90 Å². The number of likely N-dealkylation sites (tertiary alicyclic amines) is 1. The highest BCUT2D eigenvalue weighted by molar-refractivity contribution is 5.70. The smallest absolute Gasteiger partial charge is 0.307 e. The molecule has 0 aliphatic carbocycles. The molecule has 0 aromatic carbocycles. The molecule has 1 aliphatic rings. The largest absolute Gasteiger partial charge is 0.481 e. The molecule has 3 nitrogen and oxygen atoms in total. The molecular weight excluding hydrogens is 154 g/mol. The van der Waals surface area contributed by atoms with Crippen LogP contribution in [0.25, 0.3) is 0 Å². The summed E-state index contributed by atoms with van der Waals surface area (Å²) >= 11 is 0. The maximum absolute atomic E-state index is 10.6. The molecule has 1 fully saturated rings. The Labute approximate surface area is 73.4 Å². The Kier molecular flexibility index (Phi) is 2.42. The molecule has 1 saturated heterocycles. The summed E-state index contributed by atoms with van der Waals surface area (Å²) < 4.78 is 0. The van der Waals surface area contributed by atoms with Gasteiger partial charge >= 0.3 is 5.97 Å². The van der Waals surface area contributed by atoms with E-state index in [9.17, 15) is 4.79 Å². The number of carboxylic acids is 1. The van der Waals surface area contributed by atoms with Crippen molar-refractivity contribution in [3.05, 3.63) is 0 Å². The number of rotatable bonds is 1. The molecule has 1 heterocycles. The normalized spacial score (nSPS) is 26.1. The van der Waals surface area contributed by atoms with Gasteiger partial charge in [0.1, 0.15) is 0 Å². The summed E-state index contributed by atoms with van der Waals surface area (Å²) in [6.07, 6.45) is 0.798. The van der Waals surface area contributed by atoms with Gasteiger partial charge in [0, 0.05) is 12.1 Å². The van der Waals surface area contributed by atoms with Gasteiger partial charge < -0.3 is 5.11 Å². The van der Waals surface area contributed by atoms with Gasteiger partial charge in [-0.05, 0) is 33.7 Å². The monoisotopic (exact) mass is 171 g/mol. The molecule has 0 saturated carbocycles. The number of aliphatic carboxylic acids is 1. The predicted molar refractivity (Wildman–Crippen MR) is 47.1 cm³/mol. The van der Waals surface area contributed by atoms with E-state index in [0.717, 1.165) is 13.0 Å². The molecule has 0 amide bonds. The molecule has 1 aliphatic heterocycles. The topological polar surface area (TPSA) is 40.5 Å². The van der Waals surface area contributed by atoms with Gasteiger partial charge in [0.25, 0.3) is 0 Å². The van der Waals surface area contributed by atoms with Gasteiger partial charge in [0.15, 0.2) is 0 Å². The summed E-state index contributed by atoms with van der Waals surface area (Å²) in [7, 11) is 0. The third-order valence-corrected chi connectivity index (χ3v) is 2.49. The molecule has 12 heavy (non-hydrogen) atoms. The summed E-state index contributed by atoms with van der Waals surface area (Å²) in [4.78, 5) is 12.9. The van der Waals surface area contributed by atoms with Crippen LogP contribution in [0.15, 0.2) is 0 Å². The summed E-state index contributed by atoms with van der Waals surface area (Å²) in [5, 5.41) is 8.77. The second-order valence-electron chi connectivity index (χ2n) is 4.44. The van der Waals surface area contributed by atoms with Crippen molar-refractivity contribution in [1.29, 1.82) is 0 Å². The Morgan fingerprint density at radius 2 is 2.08 bits per heavy atom. The number of carboxylic acid groups (broad SMARTS) is 1. The highest BCUT2D eigenvalue weighted by Gasteiger charge is 2.33. The van der Waals surface area contributed by atoms with Crippen molar-refractivity contribution in [2.24, 2.45) is 5.92 Å². The molecule has 70 valence electrons. The first-order valence-electron chi connectivity index (χ1n) is 4.39. The lowest BCUT2D eigenvalue weighted by molar-refractivity contribution is -0.141. The summed E-state index contributed by atoms with van der Waals surface area (Å²) in [5.74, 6) is -0.800. The van der Waals surface area contributed by atoms with Gasteiger partial charge in [0.05, 0.1) is 5.92 Å². The zero-order valence-electron chi connectivity index (χ0n) is 8.00. The highest BCUT2D eigenvalue weighted by atomic mass is 16.4. The summed E-state index contributed by atoms with van der Waals surface area (Å²) in [5.41, 5.74) is 0.115. The van der Waals surface area contributed by atoms with Gasteiger partial charge in [-0.1, -0.05) is 0 Å². The zero-order valence-corrected chi connectivity index (χ0v) is 8.00. The van der Waals surface area contributed by atoms with Crippen LogP contribution in [0, 0.1) is 5.92 Å². The van der Waals surface area contributed by atoms with E-state index in [2.05, 4.69) is 25.7 Å². The van der Waals surface area contributed by atoms with Crippen molar-refractivity contribution in [1.82, 2.24) is 4.90 Å². The van der Waals surface area contributed by atoms with E-state index in [1.54, 1.807) is 0 Å². The SMILES string of the molecule is CC(C)(C)N1CC[C@H](C(=O)O)C1. The second-order valence-corrected chi connectivity index (χ2v) is 4.44. The predicted octanol–water partition coefficient (Wildman–Crippen LogP) is 1.19. The van der Waals surface area contributed by atoms with Gasteiger partial charge in [-0.3, -0.25) is 9.69 Å². The van der Waals surface area contributed by atoms with Gasteiger partial charge in [-0.15, -0.1) is 0 Å². The first kappa shape index (κ1) is 9.52. The van der Waals surface area contributed by atoms with E-state index < -0.39 is 5.97 Å². The molecule has 3 heteroatoms. The van der Waals surface area contributed by atoms with Crippen molar-refractivity contribution in [3.8, 4) is 0 Å². The average Bonchev–Trinajstić information content (AvgIpc) is 2.30. The molecule has 1 rings (SSSR count). The quantitative estimate of drug-likeness (QED) is 0.644. The Morgan fingerprint density at radius 3 is 2.33 bits per heavy atom. The van der Waals surface area contributed by atoms with Crippen LogP contribution in [0.2, 0.25) is 0 Å². The summed E-state index contributed by atoms with van der Waals surface area (Å²) in [6.45, 7) is 7.99. The van der Waals surface area contributed by atoms with Gasteiger partial charge in [-0.2, -0.15) is 0 Å². The van der Waals surface area contributed by atoms with E-state index in [1.165, 1.54) is 0 Å². The molecule has 1 atom stereocenters. The Morgan fingerprint density at radius 1 is 1.50 bits per heavy atom. The van der Waals surface area contributed by atoms with Crippen molar-refractivity contribution in [3.63, 3.8) is 0 Å². The maximum atomic E-state index is 10.6. The molecule has 0 bridgehead atoms. The second kappa shape index (κ2) is 3.05. The Bertz CT molecular complexity index is 183. The van der Waals surface area contributed by atoms with Crippen molar-refractivity contribution in [2.75, 3.05) is 13.1 Å². The molecule has 0 radical (unpaired) electrons. The summed E-state index contributed by atoms with van der Waals surface area (Å²) in [6, 6.07) is 0. The van der Waals surface area contributed by atoms with Crippen molar-refractivity contribution in [2.45, 2.75) is 32.7 Å². The van der Waals surface area contributed by atoms with Gasteiger partial charge in [-0.25, -0.2) is 0 Å². The van der Waals surface area contributed by atoms with Crippen LogP contribution in [-0.2, 0) is 4.79 Å². The van der Waals surface area contributed by atoms with Crippen molar-refractivity contribution >= 4 is 5.97 Å². The number of nitrogens with zero attached hydrogens (tertiary/aromatic N) is 1. The minimum Gasteiger partial charge on any atom is -0.481 e. The van der Waals surface area contributed by atoms with E-state index in [1.807, 2.05) is 0 Å². The first-order chi connectivity index (χ1) is 5.41.